The first-order valence-electron chi connectivity index (χ1n) is 13.4. The van der Waals surface area contributed by atoms with Crippen LogP contribution in [-0.2, 0) is 16.1 Å². The molecule has 0 aliphatic carbocycles. The molecule has 1 saturated heterocycles. The largest absolute Gasteiger partial charge is 0.489 e. The van der Waals surface area contributed by atoms with Crippen LogP contribution in [0.1, 0.15) is 25.0 Å². The number of ether oxygens (including phenoxy) is 2. The van der Waals surface area contributed by atoms with E-state index in [0.29, 0.717) is 24.6 Å². The van der Waals surface area contributed by atoms with E-state index < -0.39 is 0 Å². The van der Waals surface area contributed by atoms with Gasteiger partial charge in [-0.15, -0.1) is 0 Å². The lowest BCUT2D eigenvalue weighted by molar-refractivity contribution is -0.113. The van der Waals surface area contributed by atoms with Crippen LogP contribution in [-0.4, -0.2) is 51.1 Å². The third kappa shape index (κ3) is 5.88. The topological polar surface area (TPSA) is 69.0 Å². The normalized spacial score (nSPS) is 20.1. The van der Waals surface area contributed by atoms with Gasteiger partial charge in [0.15, 0.2) is 5.17 Å². The quantitative estimate of drug-likeness (QED) is 0.266. The third-order valence-corrected chi connectivity index (χ3v) is 7.77. The first-order chi connectivity index (χ1) is 19.5. The van der Waals surface area contributed by atoms with Crippen LogP contribution in [0.5, 0.6) is 5.75 Å². The van der Waals surface area contributed by atoms with Crippen molar-refractivity contribution >= 4 is 28.9 Å². The van der Waals surface area contributed by atoms with Crippen LogP contribution in [0.4, 0.5) is 0 Å². The third-order valence-electron chi connectivity index (χ3n) is 6.73. The highest BCUT2D eigenvalue weighted by Gasteiger charge is 2.31. The zero-order valence-corrected chi connectivity index (χ0v) is 23.3. The van der Waals surface area contributed by atoms with Crippen LogP contribution in [0, 0.1) is 0 Å². The van der Waals surface area contributed by atoms with E-state index in [1.807, 2.05) is 116 Å². The number of hydrogen-bond acceptors (Lipinski definition) is 6. The van der Waals surface area contributed by atoms with E-state index >= 15 is 0 Å². The molecule has 4 aromatic rings. The fraction of sp³-hybridized carbons (Fsp3) is 0.219. The Morgan fingerprint density at radius 3 is 2.33 bits per heavy atom. The first-order valence-corrected chi connectivity index (χ1v) is 14.2. The van der Waals surface area contributed by atoms with Gasteiger partial charge in [-0.1, -0.05) is 48.5 Å². The molecule has 0 N–H and O–H groups in total. The Kier molecular flexibility index (Phi) is 7.53. The lowest BCUT2D eigenvalue weighted by Gasteiger charge is -2.35. The Hall–Kier alpha value is -4.14. The van der Waals surface area contributed by atoms with Crippen molar-refractivity contribution in [1.29, 1.82) is 0 Å². The summed E-state index contributed by atoms with van der Waals surface area (Å²) in [5, 5.41) is 5.65. The van der Waals surface area contributed by atoms with Crippen molar-refractivity contribution in [2.45, 2.75) is 32.7 Å². The average Bonchev–Trinajstić information content (AvgIpc) is 3.56. The van der Waals surface area contributed by atoms with Crippen molar-refractivity contribution in [2.24, 2.45) is 4.99 Å². The molecule has 2 aliphatic heterocycles. The van der Waals surface area contributed by atoms with Crippen molar-refractivity contribution < 1.29 is 14.3 Å². The van der Waals surface area contributed by atoms with Gasteiger partial charge < -0.3 is 14.4 Å². The summed E-state index contributed by atoms with van der Waals surface area (Å²) >= 11 is 1.42. The van der Waals surface area contributed by atoms with Gasteiger partial charge in [-0.3, -0.25) is 4.79 Å². The summed E-state index contributed by atoms with van der Waals surface area (Å²) in [5.74, 6) is 0.554. The molecule has 1 aromatic heterocycles. The molecule has 0 spiro atoms. The number of para-hydroxylation sites is 1. The smallest absolute Gasteiger partial charge is 0.286 e. The number of amidine groups is 1. The van der Waals surface area contributed by atoms with E-state index in [4.69, 9.17) is 14.6 Å². The molecule has 0 radical (unpaired) electrons. The molecule has 3 heterocycles. The highest BCUT2D eigenvalue weighted by atomic mass is 32.2. The number of carbonyl (C=O) groups excluding carboxylic acids is 1. The molecule has 2 aliphatic rings. The number of hydrogen-bond donors (Lipinski definition) is 0. The number of aliphatic imine (C=N–C) groups is 1. The molecular formula is C32H30N4O3S. The molecule has 0 bridgehead atoms. The summed E-state index contributed by atoms with van der Waals surface area (Å²) in [4.78, 5) is 20.1. The molecule has 7 nitrogen and oxygen atoms in total. The lowest BCUT2D eigenvalue weighted by Crippen LogP contribution is -2.47. The summed E-state index contributed by atoms with van der Waals surface area (Å²) in [6, 6.07) is 27.9. The van der Waals surface area contributed by atoms with E-state index in [-0.39, 0.29) is 18.1 Å². The summed E-state index contributed by atoms with van der Waals surface area (Å²) in [6.07, 6.45) is 4.04. The van der Waals surface area contributed by atoms with Gasteiger partial charge in [0.2, 0.25) is 0 Å². The molecule has 0 saturated carbocycles. The fourth-order valence-corrected chi connectivity index (χ4v) is 5.81. The van der Waals surface area contributed by atoms with E-state index in [1.54, 1.807) is 0 Å². The maximum Gasteiger partial charge on any atom is 0.286 e. The predicted octanol–water partition coefficient (Wildman–Crippen LogP) is 6.20. The van der Waals surface area contributed by atoms with Crippen LogP contribution in [0.15, 0.2) is 101 Å². The second-order valence-corrected chi connectivity index (χ2v) is 11.0. The van der Waals surface area contributed by atoms with Gasteiger partial charge in [-0.25, -0.2) is 4.68 Å². The second-order valence-electron chi connectivity index (χ2n) is 9.98. The molecule has 1 fully saturated rings. The van der Waals surface area contributed by atoms with Crippen molar-refractivity contribution in [3.05, 3.63) is 107 Å². The van der Waals surface area contributed by atoms with Gasteiger partial charge in [0, 0.05) is 30.4 Å². The molecule has 8 heteroatoms. The maximum atomic E-state index is 13.0. The minimum atomic E-state index is -0.227. The summed E-state index contributed by atoms with van der Waals surface area (Å²) in [7, 11) is 0. The van der Waals surface area contributed by atoms with E-state index in [9.17, 15) is 4.79 Å². The number of rotatable bonds is 6. The van der Waals surface area contributed by atoms with Crippen molar-refractivity contribution in [1.82, 2.24) is 14.7 Å². The predicted molar refractivity (Wildman–Crippen MR) is 159 cm³/mol. The Morgan fingerprint density at radius 1 is 0.950 bits per heavy atom. The molecular weight excluding hydrogens is 520 g/mol. The van der Waals surface area contributed by atoms with Gasteiger partial charge in [-0.2, -0.15) is 10.1 Å². The molecule has 202 valence electrons. The van der Waals surface area contributed by atoms with Crippen LogP contribution < -0.4 is 4.74 Å². The first kappa shape index (κ1) is 26.1. The van der Waals surface area contributed by atoms with Gasteiger partial charge in [0.25, 0.3) is 5.91 Å². The summed E-state index contributed by atoms with van der Waals surface area (Å²) in [5.41, 5.74) is 4.61. The monoisotopic (exact) mass is 550 g/mol. The van der Waals surface area contributed by atoms with E-state index in [0.717, 1.165) is 39.0 Å². The van der Waals surface area contributed by atoms with Crippen LogP contribution in [0.3, 0.4) is 0 Å². The minimum Gasteiger partial charge on any atom is -0.489 e. The zero-order chi connectivity index (χ0) is 27.5. The van der Waals surface area contributed by atoms with E-state index in [2.05, 4.69) is 9.89 Å². The standard InChI is InChI=1S/C32H30N4O3S/c1-22-18-35(19-23(2)39-22)32-33-31(37)29(40-32)17-26-20-36(27-11-7-4-8-12-27)34-30(26)25-13-15-28(16-14-25)38-21-24-9-5-3-6-10-24/h3-17,20,22-23H,18-19,21H2,1-2H3/b29-17-. The Balaban J connectivity index is 1.27. The van der Waals surface area contributed by atoms with Crippen LogP contribution in [0.2, 0.25) is 0 Å². The molecule has 2 unspecified atom stereocenters. The van der Waals surface area contributed by atoms with Gasteiger partial charge in [0.05, 0.1) is 28.5 Å². The Morgan fingerprint density at radius 2 is 1.62 bits per heavy atom. The van der Waals surface area contributed by atoms with Gasteiger partial charge in [-0.05, 0) is 73.6 Å². The van der Waals surface area contributed by atoms with Crippen molar-refractivity contribution in [2.75, 3.05) is 13.1 Å². The zero-order valence-electron chi connectivity index (χ0n) is 22.4. The molecule has 2 atom stereocenters. The highest BCUT2D eigenvalue weighted by molar-refractivity contribution is 8.18. The van der Waals surface area contributed by atoms with Gasteiger partial charge >= 0.3 is 0 Å². The Labute approximate surface area is 238 Å². The number of carbonyl (C=O) groups is 1. The average molecular weight is 551 g/mol. The highest BCUT2D eigenvalue weighted by Crippen LogP contribution is 2.34. The van der Waals surface area contributed by atoms with E-state index in [1.165, 1.54) is 11.8 Å². The molecule has 40 heavy (non-hydrogen) atoms. The number of amides is 1. The fourth-order valence-electron chi connectivity index (χ4n) is 4.89. The maximum absolute atomic E-state index is 13.0. The SMILES string of the molecule is CC1CN(C2=NC(=O)/C(=C/c3cn(-c4ccccc4)nc3-c3ccc(OCc4ccccc4)cc3)S2)CC(C)O1. The number of morpholine rings is 1. The summed E-state index contributed by atoms with van der Waals surface area (Å²) in [6.45, 7) is 6.02. The molecule has 3 aromatic carbocycles. The van der Waals surface area contributed by atoms with Gasteiger partial charge in [0.1, 0.15) is 12.4 Å². The number of nitrogens with zero attached hydrogens (tertiary/aromatic N) is 4. The van der Waals surface area contributed by atoms with Crippen LogP contribution in [0.25, 0.3) is 23.0 Å². The lowest BCUT2D eigenvalue weighted by atomic mass is 10.1. The minimum absolute atomic E-state index is 0.0885. The molecule has 6 rings (SSSR count). The summed E-state index contributed by atoms with van der Waals surface area (Å²) < 4.78 is 13.7. The van der Waals surface area contributed by atoms with Crippen molar-refractivity contribution in [3.8, 4) is 22.7 Å². The Bertz CT molecular complexity index is 1540. The second kappa shape index (κ2) is 11.5. The number of benzene rings is 3. The van der Waals surface area contributed by atoms with Crippen LogP contribution >= 0.6 is 11.8 Å². The number of thioether (sulfide) groups is 1. The molecule has 1 amide bonds. The van der Waals surface area contributed by atoms with Crippen molar-refractivity contribution in [3.63, 3.8) is 0 Å². The number of aromatic nitrogens is 2.